The molecule has 6 heteroatoms. The van der Waals surface area contributed by atoms with Gasteiger partial charge in [-0.3, -0.25) is 0 Å². The topological polar surface area (TPSA) is 59.4 Å². The number of aliphatic hydroxyl groups is 1. The summed E-state index contributed by atoms with van der Waals surface area (Å²) in [6.45, 7) is -0.0617. The van der Waals surface area contributed by atoms with Gasteiger partial charge in [0, 0.05) is 23.6 Å². The number of aliphatic hydroxyl groups excluding tert-OH is 1. The van der Waals surface area contributed by atoms with Crippen molar-refractivity contribution in [1.82, 2.24) is 4.98 Å². The van der Waals surface area contributed by atoms with Gasteiger partial charge in [-0.15, -0.1) is 11.3 Å². The van der Waals surface area contributed by atoms with Gasteiger partial charge >= 0.3 is 5.97 Å². The first-order valence-corrected chi connectivity index (χ1v) is 6.80. The van der Waals surface area contributed by atoms with E-state index >= 15 is 0 Å². The smallest absolute Gasteiger partial charge is 0.349 e. The van der Waals surface area contributed by atoms with E-state index in [4.69, 9.17) is 21.4 Å². The molecule has 1 aromatic heterocycles. The van der Waals surface area contributed by atoms with Crippen LogP contribution in [0.2, 0.25) is 5.02 Å². The molecule has 2 aromatic rings. The fraction of sp³-hybridized carbons (Fsp3) is 0.231. The normalized spacial score (nSPS) is 10.5. The van der Waals surface area contributed by atoms with Gasteiger partial charge in [-0.2, -0.15) is 0 Å². The minimum atomic E-state index is -0.429. The van der Waals surface area contributed by atoms with Gasteiger partial charge in [0.05, 0.1) is 12.8 Å². The van der Waals surface area contributed by atoms with Gasteiger partial charge in [-0.05, 0) is 12.1 Å². The highest BCUT2D eigenvalue weighted by Gasteiger charge is 2.18. The van der Waals surface area contributed by atoms with Crippen LogP contribution in [-0.4, -0.2) is 29.8 Å². The van der Waals surface area contributed by atoms with E-state index in [1.54, 1.807) is 12.1 Å². The van der Waals surface area contributed by atoms with Crippen molar-refractivity contribution in [2.75, 3.05) is 13.7 Å². The minimum absolute atomic E-state index is 0.0617. The van der Waals surface area contributed by atoms with Crippen LogP contribution in [0.1, 0.15) is 15.4 Å². The quantitative estimate of drug-likeness (QED) is 0.882. The molecule has 2 rings (SSSR count). The van der Waals surface area contributed by atoms with Gasteiger partial charge in [0.1, 0.15) is 9.88 Å². The molecule has 0 unspecified atom stereocenters. The molecule has 0 radical (unpaired) electrons. The predicted octanol–water partition coefficient (Wildman–Crippen LogP) is 2.78. The number of nitrogens with zero attached hydrogens (tertiary/aromatic N) is 1. The summed E-state index contributed by atoms with van der Waals surface area (Å²) in [6.07, 6.45) is 0.328. The molecule has 0 fully saturated rings. The van der Waals surface area contributed by atoms with Crippen LogP contribution in [0.25, 0.3) is 10.6 Å². The second kappa shape index (κ2) is 6.14. The van der Waals surface area contributed by atoms with Crippen LogP contribution in [-0.2, 0) is 11.2 Å². The van der Waals surface area contributed by atoms with Gasteiger partial charge in [0.15, 0.2) is 0 Å². The van der Waals surface area contributed by atoms with Crippen LogP contribution >= 0.6 is 22.9 Å². The third-order valence-corrected chi connectivity index (χ3v) is 3.89. The molecular formula is C13H12ClNO3S. The van der Waals surface area contributed by atoms with E-state index in [0.717, 1.165) is 5.56 Å². The summed E-state index contributed by atoms with van der Waals surface area (Å²) in [5.74, 6) is -0.429. The van der Waals surface area contributed by atoms with E-state index in [-0.39, 0.29) is 6.61 Å². The molecule has 0 spiro atoms. The number of halogens is 1. The highest BCUT2D eigenvalue weighted by Crippen LogP contribution is 2.29. The number of methoxy groups -OCH3 is 1. The lowest BCUT2D eigenvalue weighted by atomic mass is 10.2. The summed E-state index contributed by atoms with van der Waals surface area (Å²) in [6, 6.07) is 7.21. The zero-order valence-electron chi connectivity index (χ0n) is 10.2. The Kier molecular flexibility index (Phi) is 4.52. The average Bonchev–Trinajstić information content (AvgIpc) is 2.83. The molecular weight excluding hydrogens is 286 g/mol. The number of ether oxygens (including phenoxy) is 1. The van der Waals surface area contributed by atoms with E-state index in [0.29, 0.717) is 27.0 Å². The van der Waals surface area contributed by atoms with Gasteiger partial charge in [-0.1, -0.05) is 23.7 Å². The third-order valence-electron chi connectivity index (χ3n) is 2.51. The number of benzene rings is 1. The summed E-state index contributed by atoms with van der Waals surface area (Å²) in [5.41, 5.74) is 1.44. The molecule has 4 nitrogen and oxygen atoms in total. The van der Waals surface area contributed by atoms with Crippen molar-refractivity contribution in [3.05, 3.63) is 39.9 Å². The first-order valence-electron chi connectivity index (χ1n) is 5.60. The highest BCUT2D eigenvalue weighted by molar-refractivity contribution is 7.17. The van der Waals surface area contributed by atoms with Crippen LogP contribution in [0.4, 0.5) is 0 Å². The predicted molar refractivity (Wildman–Crippen MR) is 74.7 cm³/mol. The molecule has 0 aliphatic heterocycles. The zero-order chi connectivity index (χ0) is 13.8. The molecule has 0 atom stereocenters. The van der Waals surface area contributed by atoms with Crippen LogP contribution in [0.15, 0.2) is 24.3 Å². The summed E-state index contributed by atoms with van der Waals surface area (Å²) in [7, 11) is 1.33. The van der Waals surface area contributed by atoms with Crippen molar-refractivity contribution < 1.29 is 14.6 Å². The Morgan fingerprint density at radius 3 is 2.68 bits per heavy atom. The zero-order valence-corrected chi connectivity index (χ0v) is 11.8. The SMILES string of the molecule is COC(=O)c1sc(-c2ccc(Cl)cc2)nc1CCO. The van der Waals surface area contributed by atoms with Crippen molar-refractivity contribution in [1.29, 1.82) is 0 Å². The number of carbonyl (C=O) groups is 1. The molecule has 0 amide bonds. The Hall–Kier alpha value is -1.43. The van der Waals surface area contributed by atoms with Crippen molar-refractivity contribution >= 4 is 28.9 Å². The maximum Gasteiger partial charge on any atom is 0.349 e. The van der Waals surface area contributed by atoms with Gasteiger partial charge in [-0.25, -0.2) is 9.78 Å². The van der Waals surface area contributed by atoms with Crippen molar-refractivity contribution in [2.24, 2.45) is 0 Å². The summed E-state index contributed by atoms with van der Waals surface area (Å²) in [4.78, 5) is 16.5. The van der Waals surface area contributed by atoms with Gasteiger partial charge < -0.3 is 9.84 Å². The average molecular weight is 298 g/mol. The Labute approximate surface area is 119 Å². The summed E-state index contributed by atoms with van der Waals surface area (Å²) < 4.78 is 4.72. The van der Waals surface area contributed by atoms with E-state index in [2.05, 4.69) is 4.98 Å². The molecule has 19 heavy (non-hydrogen) atoms. The van der Waals surface area contributed by atoms with Crippen LogP contribution in [0, 0.1) is 0 Å². The first kappa shape index (κ1) is 14.0. The molecule has 1 N–H and O–H groups in total. The maximum atomic E-state index is 11.7. The molecule has 0 saturated heterocycles. The Morgan fingerprint density at radius 2 is 2.11 bits per heavy atom. The molecule has 1 heterocycles. The van der Waals surface area contributed by atoms with Gasteiger partial charge in [0.2, 0.25) is 0 Å². The Balaban J connectivity index is 2.41. The number of aromatic nitrogens is 1. The Bertz CT molecular complexity index is 580. The largest absolute Gasteiger partial charge is 0.465 e. The summed E-state index contributed by atoms with van der Waals surface area (Å²) in [5, 5.41) is 10.4. The lowest BCUT2D eigenvalue weighted by Crippen LogP contribution is -2.04. The number of hydrogen-bond acceptors (Lipinski definition) is 5. The lowest BCUT2D eigenvalue weighted by Gasteiger charge is -1.97. The first-order chi connectivity index (χ1) is 9.15. The van der Waals surface area contributed by atoms with E-state index < -0.39 is 5.97 Å². The maximum absolute atomic E-state index is 11.7. The highest BCUT2D eigenvalue weighted by atomic mass is 35.5. The Morgan fingerprint density at radius 1 is 1.42 bits per heavy atom. The van der Waals surface area contributed by atoms with E-state index in [1.165, 1.54) is 18.4 Å². The van der Waals surface area contributed by atoms with Crippen molar-refractivity contribution in [2.45, 2.75) is 6.42 Å². The fourth-order valence-electron chi connectivity index (χ4n) is 1.60. The number of hydrogen-bond donors (Lipinski definition) is 1. The number of carbonyl (C=O) groups excluding carboxylic acids is 1. The van der Waals surface area contributed by atoms with Crippen LogP contribution < -0.4 is 0 Å². The standard InChI is InChI=1S/C13H12ClNO3S/c1-18-13(17)11-10(6-7-16)15-12(19-11)8-2-4-9(14)5-3-8/h2-5,16H,6-7H2,1H3. The molecule has 0 aliphatic rings. The van der Waals surface area contributed by atoms with Gasteiger partial charge in [0.25, 0.3) is 0 Å². The minimum Gasteiger partial charge on any atom is -0.465 e. The lowest BCUT2D eigenvalue weighted by molar-refractivity contribution is 0.0604. The third kappa shape index (κ3) is 3.12. The molecule has 0 bridgehead atoms. The monoisotopic (exact) mass is 297 g/mol. The van der Waals surface area contributed by atoms with Crippen molar-refractivity contribution in [3.63, 3.8) is 0 Å². The molecule has 1 aromatic carbocycles. The second-order valence-electron chi connectivity index (χ2n) is 3.77. The van der Waals surface area contributed by atoms with E-state index in [1.807, 2.05) is 12.1 Å². The fourth-order valence-corrected chi connectivity index (χ4v) is 2.76. The molecule has 100 valence electrons. The van der Waals surface area contributed by atoms with Crippen molar-refractivity contribution in [3.8, 4) is 10.6 Å². The van der Waals surface area contributed by atoms with E-state index in [9.17, 15) is 4.79 Å². The summed E-state index contributed by atoms with van der Waals surface area (Å²) >= 11 is 7.09. The molecule has 0 saturated carbocycles. The second-order valence-corrected chi connectivity index (χ2v) is 5.20. The van der Waals surface area contributed by atoms with Crippen LogP contribution in [0.5, 0.6) is 0 Å². The van der Waals surface area contributed by atoms with Crippen LogP contribution in [0.3, 0.4) is 0 Å². The number of esters is 1. The number of thiazole rings is 1. The molecule has 0 aliphatic carbocycles. The number of rotatable bonds is 4.